The second-order valence-corrected chi connectivity index (χ2v) is 23.1. The first-order valence-corrected chi connectivity index (χ1v) is 23.9. The van der Waals surface area contributed by atoms with E-state index in [0.29, 0.717) is 28.2 Å². The Morgan fingerprint density at radius 3 is 1.63 bits per heavy atom. The van der Waals surface area contributed by atoms with Gasteiger partial charge in [-0.05, 0) is 180 Å². The average Bonchev–Trinajstić information content (AvgIpc) is 4.10. The van der Waals surface area contributed by atoms with Crippen LogP contribution in [0.1, 0.15) is 191 Å². The maximum atomic E-state index is 11.1. The van der Waals surface area contributed by atoms with Crippen molar-refractivity contribution in [3.8, 4) is 0 Å². The number of aromatic nitrogens is 1. The molecule has 4 unspecified atom stereocenters. The topological polar surface area (TPSA) is 87.5 Å². The van der Waals surface area contributed by atoms with Crippen LogP contribution in [0.15, 0.2) is 96.2 Å². The van der Waals surface area contributed by atoms with Gasteiger partial charge in [-0.2, -0.15) is 0 Å². The van der Waals surface area contributed by atoms with E-state index in [0.717, 1.165) is 18.5 Å². The monoisotopic (exact) mass is 844 g/mol. The van der Waals surface area contributed by atoms with Crippen LogP contribution in [0.3, 0.4) is 0 Å². The summed E-state index contributed by atoms with van der Waals surface area (Å²) in [6.45, 7) is 21.6. The molecule has 1 aromatic heterocycles. The zero-order valence-electron chi connectivity index (χ0n) is 39.4. The molecule has 4 saturated carbocycles. The van der Waals surface area contributed by atoms with Gasteiger partial charge >= 0.3 is 11.9 Å². The normalized spacial score (nSPS) is 28.5. The number of benzene rings is 3. The summed E-state index contributed by atoms with van der Waals surface area (Å²) in [6.07, 6.45) is 20.4. The molecule has 2 N–H and O–H groups in total. The van der Waals surface area contributed by atoms with Gasteiger partial charge in [0.25, 0.3) is 0 Å². The molecule has 4 fully saturated rings. The highest BCUT2D eigenvalue weighted by atomic mass is 16.4. The molecule has 0 saturated heterocycles. The third-order valence-corrected chi connectivity index (χ3v) is 17.4. The molecule has 0 spiro atoms. The number of fused-ring (bicyclic) bond motifs is 4. The number of hydrogen-bond acceptors (Lipinski definition) is 3. The Morgan fingerprint density at radius 2 is 1.08 bits per heavy atom. The lowest BCUT2D eigenvalue weighted by Crippen LogP contribution is -2.34. The number of carbonyl (C=O) groups is 2. The van der Waals surface area contributed by atoms with Gasteiger partial charge in [-0.25, -0.2) is 9.59 Å². The molecule has 10 rings (SSSR count). The summed E-state index contributed by atoms with van der Waals surface area (Å²) in [7, 11) is 0. The summed E-state index contributed by atoms with van der Waals surface area (Å²) >= 11 is 0. The lowest BCUT2D eigenvalue weighted by Gasteiger charge is -2.43. The van der Waals surface area contributed by atoms with Crippen LogP contribution in [0.5, 0.6) is 0 Å². The van der Waals surface area contributed by atoms with E-state index in [2.05, 4.69) is 110 Å². The molecule has 4 aromatic rings. The van der Waals surface area contributed by atoms with Crippen LogP contribution in [0.4, 0.5) is 0 Å². The Morgan fingerprint density at radius 1 is 0.571 bits per heavy atom. The second kappa shape index (κ2) is 15.2. The van der Waals surface area contributed by atoms with Gasteiger partial charge in [0.15, 0.2) is 0 Å². The van der Waals surface area contributed by atoms with Crippen molar-refractivity contribution < 1.29 is 19.8 Å². The molecule has 5 nitrogen and oxygen atoms in total. The van der Waals surface area contributed by atoms with E-state index in [1.807, 2.05) is 18.2 Å². The number of hydrogen-bond donors (Lipinski definition) is 2. The Bertz CT molecular complexity index is 2550. The number of rotatable bonds is 8. The maximum absolute atomic E-state index is 11.1. The molecule has 6 aliphatic carbocycles. The third-order valence-electron chi connectivity index (χ3n) is 17.4. The number of carboxylic acids is 2. The first kappa shape index (κ1) is 43.5. The van der Waals surface area contributed by atoms with Crippen molar-refractivity contribution in [1.82, 2.24) is 4.98 Å². The Kier molecular flexibility index (Phi) is 10.5. The standard InChI is InChI=1S/C29H35NO2.C29H34O2/c1-18-14-23-24(28(4,5)13-12-27(23,2)3)15-22(18)29-11-10-19(25(29)16-29)6-8-21-9-7-20(17-30-21)26(31)32;1-27(2)15-16-28(3,4)24-17-22(11-12-23(24)27)29-14-13-20(25(29)18-29)8-5-19-6-9-21(10-7-19)26(30)31/h6-7,9,14-15,17,25H,8,10-13,16H2,1-5H3,(H,31,32);6-12,17,25H,5,13-16,18H2,1-4H3,(H,30,31). The second-order valence-electron chi connectivity index (χ2n) is 23.1. The van der Waals surface area contributed by atoms with Gasteiger partial charge in [0.2, 0.25) is 0 Å². The highest BCUT2D eigenvalue weighted by molar-refractivity contribution is 5.87. The number of aromatic carboxylic acids is 2. The van der Waals surface area contributed by atoms with Gasteiger partial charge in [-0.1, -0.05) is 121 Å². The fourth-order valence-corrected chi connectivity index (χ4v) is 12.7. The van der Waals surface area contributed by atoms with E-state index in [1.54, 1.807) is 62.7 Å². The van der Waals surface area contributed by atoms with E-state index in [1.165, 1.54) is 81.5 Å². The molecule has 0 radical (unpaired) electrons. The zero-order chi connectivity index (χ0) is 44.9. The van der Waals surface area contributed by atoms with Crippen molar-refractivity contribution in [2.45, 2.75) is 172 Å². The summed E-state index contributed by atoms with van der Waals surface area (Å²) in [6, 6.07) is 23.4. The van der Waals surface area contributed by atoms with Gasteiger partial charge in [-0.15, -0.1) is 0 Å². The van der Waals surface area contributed by atoms with Crippen molar-refractivity contribution in [2.75, 3.05) is 0 Å². The molecule has 1 heterocycles. The van der Waals surface area contributed by atoms with E-state index >= 15 is 0 Å². The molecule has 330 valence electrons. The van der Waals surface area contributed by atoms with Crippen molar-refractivity contribution in [1.29, 1.82) is 0 Å². The Labute approximate surface area is 376 Å². The molecular formula is C58H69NO4. The Hall–Kier alpha value is -4.77. The third kappa shape index (κ3) is 7.74. The fraction of sp³-hybridized carbons (Fsp3) is 0.500. The summed E-state index contributed by atoms with van der Waals surface area (Å²) in [5.74, 6) is -0.422. The maximum Gasteiger partial charge on any atom is 0.337 e. The average molecular weight is 844 g/mol. The van der Waals surface area contributed by atoms with Gasteiger partial charge in [0.05, 0.1) is 11.1 Å². The SMILES string of the molecule is CC1(C)CCC(C)(C)c2cc(C34CCC(=CCc5ccc(C(=O)O)cc5)C3C4)ccc21.Cc1cc2c(cc1C13CCC(=CCc4ccc(C(=O)O)cn4)C1C3)C(C)(C)CCC2(C)C. The number of carboxylic acid groups (broad SMARTS) is 2. The van der Waals surface area contributed by atoms with Crippen LogP contribution in [-0.4, -0.2) is 27.1 Å². The first-order chi connectivity index (χ1) is 29.7. The molecule has 6 aliphatic rings. The van der Waals surface area contributed by atoms with Crippen molar-refractivity contribution >= 4 is 11.9 Å². The highest BCUT2D eigenvalue weighted by Gasteiger charge is 2.61. The quantitative estimate of drug-likeness (QED) is 0.173. The van der Waals surface area contributed by atoms with Crippen molar-refractivity contribution in [3.63, 3.8) is 0 Å². The minimum atomic E-state index is -0.923. The van der Waals surface area contributed by atoms with Crippen LogP contribution < -0.4 is 0 Å². The van der Waals surface area contributed by atoms with Gasteiger partial charge in [-0.3, -0.25) is 4.98 Å². The minimum Gasteiger partial charge on any atom is -0.478 e. The predicted molar refractivity (Wildman–Crippen MR) is 254 cm³/mol. The molecule has 0 amide bonds. The fourth-order valence-electron chi connectivity index (χ4n) is 12.7. The number of aryl methyl sites for hydroxylation is 1. The van der Waals surface area contributed by atoms with E-state index in [-0.39, 0.29) is 27.2 Å². The van der Waals surface area contributed by atoms with Crippen LogP contribution in [-0.2, 0) is 45.3 Å². The van der Waals surface area contributed by atoms with E-state index in [4.69, 9.17) is 10.2 Å². The lowest BCUT2D eigenvalue weighted by atomic mass is 9.62. The van der Waals surface area contributed by atoms with Crippen LogP contribution in [0.2, 0.25) is 0 Å². The van der Waals surface area contributed by atoms with Crippen LogP contribution >= 0.6 is 0 Å². The predicted octanol–water partition coefficient (Wildman–Crippen LogP) is 13.6. The number of allylic oxidation sites excluding steroid dienone is 4. The lowest BCUT2D eigenvalue weighted by molar-refractivity contribution is 0.0686. The van der Waals surface area contributed by atoms with Crippen molar-refractivity contribution in [2.24, 2.45) is 11.8 Å². The minimum absolute atomic E-state index is 0.248. The summed E-state index contributed by atoms with van der Waals surface area (Å²) in [5.41, 5.74) is 18.6. The van der Waals surface area contributed by atoms with Gasteiger partial charge in [0, 0.05) is 29.1 Å². The highest BCUT2D eigenvalue weighted by Crippen LogP contribution is 2.68. The zero-order valence-corrected chi connectivity index (χ0v) is 39.4. The van der Waals surface area contributed by atoms with Crippen molar-refractivity contribution in [3.05, 3.63) is 158 Å². The summed E-state index contributed by atoms with van der Waals surface area (Å²) in [4.78, 5) is 26.4. The van der Waals surface area contributed by atoms with Gasteiger partial charge < -0.3 is 10.2 Å². The smallest absolute Gasteiger partial charge is 0.337 e. The molecule has 0 aliphatic heterocycles. The summed E-state index contributed by atoms with van der Waals surface area (Å²) < 4.78 is 0. The summed E-state index contributed by atoms with van der Waals surface area (Å²) in [5, 5.41) is 18.1. The molecule has 4 atom stereocenters. The largest absolute Gasteiger partial charge is 0.478 e. The van der Waals surface area contributed by atoms with E-state index < -0.39 is 11.9 Å². The van der Waals surface area contributed by atoms with Crippen LogP contribution in [0, 0.1) is 18.8 Å². The Balaban J connectivity index is 0.000000160. The number of nitrogens with zero attached hydrogens (tertiary/aromatic N) is 1. The first-order valence-electron chi connectivity index (χ1n) is 23.9. The molecule has 63 heavy (non-hydrogen) atoms. The van der Waals surface area contributed by atoms with Gasteiger partial charge in [0.1, 0.15) is 0 Å². The van der Waals surface area contributed by atoms with Crippen LogP contribution in [0.25, 0.3) is 0 Å². The number of pyridine rings is 1. The molecule has 3 aromatic carbocycles. The molecule has 0 bridgehead atoms. The molecular weight excluding hydrogens is 775 g/mol. The van der Waals surface area contributed by atoms with E-state index in [9.17, 15) is 9.59 Å². The molecule has 5 heteroatoms.